The molecule has 0 radical (unpaired) electrons. The van der Waals surface area contributed by atoms with Crippen molar-refractivity contribution in [3.05, 3.63) is 6.33 Å². The summed E-state index contributed by atoms with van der Waals surface area (Å²) in [4.78, 5) is 4.01. The topological polar surface area (TPSA) is 37.8 Å². The Morgan fingerprint density at radius 1 is 1.75 bits per heavy atom. The molecule has 1 rings (SSSR count). The molecule has 0 aliphatic heterocycles. The molecule has 3 nitrogen and oxygen atoms in total. The predicted molar refractivity (Wildman–Crippen MR) is 52.9 cm³/mol. The number of rotatable bonds is 4. The zero-order chi connectivity index (χ0) is 8.97. The molecule has 2 atom stereocenters. The van der Waals surface area contributed by atoms with Crippen LogP contribution in [0.25, 0.3) is 0 Å². The highest BCUT2D eigenvalue weighted by Crippen LogP contribution is 2.14. The van der Waals surface area contributed by atoms with Crippen LogP contribution in [-0.4, -0.2) is 20.8 Å². The Hall–Kier alpha value is -0.350. The molecule has 1 aromatic rings. The molecule has 0 aromatic carbocycles. The van der Waals surface area contributed by atoms with Crippen molar-refractivity contribution in [1.82, 2.24) is 9.36 Å². The van der Waals surface area contributed by atoms with Crippen molar-refractivity contribution in [3.63, 3.8) is 0 Å². The van der Waals surface area contributed by atoms with Gasteiger partial charge in [0.25, 0.3) is 0 Å². The second-order valence-electron chi connectivity index (χ2n) is 2.60. The van der Waals surface area contributed by atoms with Crippen molar-refractivity contribution in [1.29, 1.82) is 0 Å². The molecule has 1 aromatic heterocycles. The largest absolute Gasteiger partial charge is 0.356 e. The second-order valence-corrected chi connectivity index (χ2v) is 3.94. The quantitative estimate of drug-likeness (QED) is 0.767. The molecule has 5 heteroatoms. The number of aromatic nitrogens is 2. The van der Waals surface area contributed by atoms with Gasteiger partial charge in [0, 0.05) is 17.6 Å². The number of hydrogen-bond acceptors (Lipinski definition) is 4. The molecular formula is C7H12ClN3S. The summed E-state index contributed by atoms with van der Waals surface area (Å²) in [5.74, 6) is 0. The maximum absolute atomic E-state index is 6.03. The normalized spacial score (nSPS) is 15.6. The highest BCUT2D eigenvalue weighted by atomic mass is 35.5. The Bertz CT molecular complexity index is 214. The van der Waals surface area contributed by atoms with E-state index < -0.39 is 0 Å². The molecule has 12 heavy (non-hydrogen) atoms. The van der Waals surface area contributed by atoms with Crippen LogP contribution in [0.1, 0.15) is 20.3 Å². The Balaban J connectivity index is 2.41. The molecule has 0 amide bonds. The molecule has 0 spiro atoms. The predicted octanol–water partition coefficient (Wildman–Crippen LogP) is 2.36. The van der Waals surface area contributed by atoms with Gasteiger partial charge in [-0.25, -0.2) is 4.98 Å². The van der Waals surface area contributed by atoms with Crippen LogP contribution < -0.4 is 5.32 Å². The fraction of sp³-hybridized carbons (Fsp3) is 0.714. The van der Waals surface area contributed by atoms with Crippen LogP contribution in [0.15, 0.2) is 6.33 Å². The SMILES string of the molecule is CCC(Cl)C(C)Nc1ncns1. The van der Waals surface area contributed by atoms with Gasteiger partial charge in [-0.15, -0.1) is 11.6 Å². The van der Waals surface area contributed by atoms with Crippen LogP contribution in [0.2, 0.25) is 0 Å². The molecule has 0 aliphatic carbocycles. The first-order valence-electron chi connectivity index (χ1n) is 3.91. The smallest absolute Gasteiger partial charge is 0.202 e. The number of nitrogens with one attached hydrogen (secondary N) is 1. The van der Waals surface area contributed by atoms with Crippen molar-refractivity contribution in [2.45, 2.75) is 31.7 Å². The summed E-state index contributed by atoms with van der Waals surface area (Å²) < 4.78 is 3.89. The van der Waals surface area contributed by atoms with Gasteiger partial charge in [-0.3, -0.25) is 0 Å². The summed E-state index contributed by atoms with van der Waals surface area (Å²) in [6, 6.07) is 0.240. The van der Waals surface area contributed by atoms with Crippen LogP contribution in [0, 0.1) is 0 Å². The van der Waals surface area contributed by atoms with Gasteiger partial charge >= 0.3 is 0 Å². The first-order valence-corrected chi connectivity index (χ1v) is 5.12. The highest BCUT2D eigenvalue weighted by molar-refractivity contribution is 7.09. The minimum Gasteiger partial charge on any atom is -0.356 e. The van der Waals surface area contributed by atoms with E-state index in [1.165, 1.54) is 17.9 Å². The lowest BCUT2D eigenvalue weighted by Crippen LogP contribution is -2.25. The zero-order valence-electron chi connectivity index (χ0n) is 7.12. The van der Waals surface area contributed by atoms with E-state index in [0.717, 1.165) is 11.6 Å². The van der Waals surface area contributed by atoms with E-state index in [1.54, 1.807) is 0 Å². The molecule has 1 N–H and O–H groups in total. The minimum atomic E-state index is 0.147. The number of hydrogen-bond donors (Lipinski definition) is 1. The van der Waals surface area contributed by atoms with E-state index in [1.807, 2.05) is 6.92 Å². The zero-order valence-corrected chi connectivity index (χ0v) is 8.69. The van der Waals surface area contributed by atoms with Gasteiger partial charge in [0.05, 0.1) is 5.38 Å². The molecule has 0 fully saturated rings. The lowest BCUT2D eigenvalue weighted by molar-refractivity contribution is 0.699. The van der Waals surface area contributed by atoms with Crippen molar-refractivity contribution in [2.75, 3.05) is 5.32 Å². The molecular weight excluding hydrogens is 194 g/mol. The second kappa shape index (κ2) is 4.62. The van der Waals surface area contributed by atoms with Gasteiger partial charge < -0.3 is 5.32 Å². The Kier molecular flexibility index (Phi) is 3.75. The maximum Gasteiger partial charge on any atom is 0.202 e. The summed E-state index contributed by atoms with van der Waals surface area (Å²) in [5.41, 5.74) is 0. The molecule has 1 heterocycles. The van der Waals surface area contributed by atoms with Crippen LogP contribution >= 0.6 is 23.1 Å². The van der Waals surface area contributed by atoms with E-state index in [-0.39, 0.29) is 11.4 Å². The van der Waals surface area contributed by atoms with Gasteiger partial charge in [-0.05, 0) is 13.3 Å². The Morgan fingerprint density at radius 2 is 2.50 bits per heavy atom. The van der Waals surface area contributed by atoms with E-state index in [9.17, 15) is 0 Å². The first-order chi connectivity index (χ1) is 5.74. The Morgan fingerprint density at radius 3 is 3.00 bits per heavy atom. The van der Waals surface area contributed by atoms with Gasteiger partial charge in [0.1, 0.15) is 6.33 Å². The fourth-order valence-corrected chi connectivity index (χ4v) is 1.47. The lowest BCUT2D eigenvalue weighted by Gasteiger charge is -2.16. The minimum absolute atomic E-state index is 0.147. The average Bonchev–Trinajstić information content (AvgIpc) is 2.55. The summed E-state index contributed by atoms with van der Waals surface area (Å²) in [6.45, 7) is 4.11. The molecule has 0 aliphatic rings. The van der Waals surface area contributed by atoms with Crippen molar-refractivity contribution in [2.24, 2.45) is 0 Å². The molecule has 0 bridgehead atoms. The number of halogens is 1. The maximum atomic E-state index is 6.03. The molecule has 0 saturated heterocycles. The summed E-state index contributed by atoms with van der Waals surface area (Å²) in [6.07, 6.45) is 2.49. The van der Waals surface area contributed by atoms with E-state index in [2.05, 4.69) is 21.6 Å². The molecule has 2 unspecified atom stereocenters. The average molecular weight is 206 g/mol. The van der Waals surface area contributed by atoms with Crippen molar-refractivity contribution in [3.8, 4) is 0 Å². The Labute approximate surface area is 81.3 Å². The first kappa shape index (κ1) is 9.74. The third-order valence-electron chi connectivity index (χ3n) is 1.64. The van der Waals surface area contributed by atoms with Gasteiger partial charge in [0.15, 0.2) is 0 Å². The van der Waals surface area contributed by atoms with E-state index in [4.69, 9.17) is 11.6 Å². The van der Waals surface area contributed by atoms with Crippen LogP contribution in [0.5, 0.6) is 0 Å². The van der Waals surface area contributed by atoms with E-state index >= 15 is 0 Å². The third kappa shape index (κ3) is 2.60. The molecule has 0 saturated carbocycles. The van der Waals surface area contributed by atoms with Crippen molar-refractivity contribution < 1.29 is 0 Å². The number of anilines is 1. The summed E-state index contributed by atoms with van der Waals surface area (Å²) >= 11 is 7.37. The highest BCUT2D eigenvalue weighted by Gasteiger charge is 2.12. The molecule has 68 valence electrons. The van der Waals surface area contributed by atoms with Gasteiger partial charge in [-0.1, -0.05) is 6.92 Å². The van der Waals surface area contributed by atoms with Crippen LogP contribution in [-0.2, 0) is 0 Å². The standard InChI is InChI=1S/C7H12ClN3S/c1-3-6(8)5(2)11-7-9-4-10-12-7/h4-6H,3H2,1-2H3,(H,9,10,11). The monoisotopic (exact) mass is 205 g/mol. The van der Waals surface area contributed by atoms with Gasteiger partial charge in [-0.2, -0.15) is 4.37 Å². The van der Waals surface area contributed by atoms with Gasteiger partial charge in [0.2, 0.25) is 5.13 Å². The lowest BCUT2D eigenvalue weighted by atomic mass is 10.2. The van der Waals surface area contributed by atoms with Crippen molar-refractivity contribution >= 4 is 28.3 Å². The fourth-order valence-electron chi connectivity index (χ4n) is 0.875. The van der Waals surface area contributed by atoms with Crippen LogP contribution in [0.4, 0.5) is 5.13 Å². The van der Waals surface area contributed by atoms with Crippen LogP contribution in [0.3, 0.4) is 0 Å². The third-order valence-corrected chi connectivity index (χ3v) is 2.93. The summed E-state index contributed by atoms with van der Waals surface area (Å²) in [7, 11) is 0. The van der Waals surface area contributed by atoms with E-state index in [0.29, 0.717) is 0 Å². The number of alkyl halides is 1. The summed E-state index contributed by atoms with van der Waals surface area (Å²) in [5, 5.41) is 4.17. The number of nitrogens with zero attached hydrogens (tertiary/aromatic N) is 2.